The van der Waals surface area contributed by atoms with E-state index in [1.807, 2.05) is 10.9 Å². The Labute approximate surface area is 105 Å². The van der Waals surface area contributed by atoms with Gasteiger partial charge >= 0.3 is 0 Å². The molecule has 1 aromatic heterocycles. The Bertz CT molecular complexity index is 366. The van der Waals surface area contributed by atoms with Crippen molar-refractivity contribution >= 4 is 15.9 Å². The summed E-state index contributed by atoms with van der Waals surface area (Å²) in [6.07, 6.45) is 6.31. The summed E-state index contributed by atoms with van der Waals surface area (Å²) in [4.78, 5) is 0.580. The second-order valence-electron chi connectivity index (χ2n) is 4.70. The largest absolute Gasteiger partial charge is 0.486 e. The van der Waals surface area contributed by atoms with E-state index in [4.69, 9.17) is 4.74 Å². The highest BCUT2D eigenvalue weighted by molar-refractivity contribution is 9.09. The lowest BCUT2D eigenvalue weighted by Crippen LogP contribution is -2.54. The van der Waals surface area contributed by atoms with E-state index in [0.717, 1.165) is 25.1 Å². The van der Waals surface area contributed by atoms with Crippen molar-refractivity contribution in [2.24, 2.45) is 5.41 Å². The van der Waals surface area contributed by atoms with Crippen LogP contribution in [-0.2, 0) is 6.54 Å². The third-order valence-electron chi connectivity index (χ3n) is 3.85. The van der Waals surface area contributed by atoms with Crippen molar-refractivity contribution in [2.45, 2.75) is 51.1 Å². The summed E-state index contributed by atoms with van der Waals surface area (Å²) in [6.45, 7) is 7.47. The van der Waals surface area contributed by atoms with Crippen LogP contribution < -0.4 is 4.74 Å². The number of alkyl halides is 1. The summed E-state index contributed by atoms with van der Waals surface area (Å²) in [5.41, 5.74) is 0.258. The van der Waals surface area contributed by atoms with Crippen LogP contribution in [0.15, 0.2) is 12.4 Å². The lowest BCUT2D eigenvalue weighted by Gasteiger charge is -2.50. The molecular weight excluding hydrogens is 268 g/mol. The first-order valence-corrected chi connectivity index (χ1v) is 6.85. The Morgan fingerprint density at radius 2 is 2.38 bits per heavy atom. The molecule has 0 bridgehead atoms. The molecule has 3 nitrogen and oxygen atoms in total. The summed E-state index contributed by atoms with van der Waals surface area (Å²) in [6, 6.07) is 0. The third-order valence-corrected chi connectivity index (χ3v) is 5.27. The van der Waals surface area contributed by atoms with Gasteiger partial charge in [-0.15, -0.1) is 0 Å². The molecule has 0 amide bonds. The van der Waals surface area contributed by atoms with Gasteiger partial charge in [0.1, 0.15) is 6.10 Å². The molecule has 1 aromatic rings. The van der Waals surface area contributed by atoms with Crippen molar-refractivity contribution in [3.05, 3.63) is 12.4 Å². The van der Waals surface area contributed by atoms with Crippen LogP contribution in [0.2, 0.25) is 0 Å². The van der Waals surface area contributed by atoms with E-state index >= 15 is 0 Å². The molecule has 1 saturated carbocycles. The molecule has 0 radical (unpaired) electrons. The first-order chi connectivity index (χ1) is 7.60. The molecule has 0 aromatic carbocycles. The van der Waals surface area contributed by atoms with Crippen molar-refractivity contribution in [3.8, 4) is 5.75 Å². The van der Waals surface area contributed by atoms with Gasteiger partial charge < -0.3 is 4.74 Å². The van der Waals surface area contributed by atoms with Crippen molar-refractivity contribution in [1.29, 1.82) is 0 Å². The number of hydrogen-bond donors (Lipinski definition) is 0. The molecule has 4 heteroatoms. The SMILES string of the molecule is CCn1cc(OC2CC(Br)C2(C)CC)cn1. The van der Waals surface area contributed by atoms with Gasteiger partial charge in [-0.1, -0.05) is 29.8 Å². The van der Waals surface area contributed by atoms with Gasteiger partial charge in [0.05, 0.1) is 12.4 Å². The van der Waals surface area contributed by atoms with Crippen LogP contribution in [0.3, 0.4) is 0 Å². The molecule has 1 aliphatic carbocycles. The summed E-state index contributed by atoms with van der Waals surface area (Å²) in [5.74, 6) is 0.894. The van der Waals surface area contributed by atoms with E-state index in [9.17, 15) is 0 Å². The highest BCUT2D eigenvalue weighted by Gasteiger charge is 2.50. The Hall–Kier alpha value is -0.510. The lowest BCUT2D eigenvalue weighted by atomic mass is 9.66. The fourth-order valence-electron chi connectivity index (χ4n) is 2.14. The topological polar surface area (TPSA) is 27.1 Å². The first kappa shape index (κ1) is 12.0. The van der Waals surface area contributed by atoms with Gasteiger partial charge in [0.2, 0.25) is 0 Å². The summed E-state index contributed by atoms with van der Waals surface area (Å²) >= 11 is 3.71. The van der Waals surface area contributed by atoms with Gasteiger partial charge in [-0.05, 0) is 19.8 Å². The molecule has 0 N–H and O–H groups in total. The smallest absolute Gasteiger partial charge is 0.157 e. The standard InChI is InChI=1S/C12H19BrN2O/c1-4-12(3)10(13)6-11(12)16-9-7-14-15(5-2)8-9/h7-8,10-11H,4-6H2,1-3H3. The number of ether oxygens (including phenoxy) is 1. The molecule has 1 aliphatic rings. The van der Waals surface area contributed by atoms with Crippen molar-refractivity contribution < 1.29 is 4.74 Å². The van der Waals surface area contributed by atoms with Crippen LogP contribution in [0.25, 0.3) is 0 Å². The number of halogens is 1. The average molecular weight is 287 g/mol. The fourth-order valence-corrected chi connectivity index (χ4v) is 3.10. The molecule has 90 valence electrons. The molecule has 0 spiro atoms. The maximum absolute atomic E-state index is 6.00. The predicted octanol–water partition coefficient (Wildman–Crippen LogP) is 3.23. The van der Waals surface area contributed by atoms with Gasteiger partial charge in [-0.3, -0.25) is 4.68 Å². The van der Waals surface area contributed by atoms with E-state index < -0.39 is 0 Å². The predicted molar refractivity (Wildman–Crippen MR) is 68.0 cm³/mol. The van der Waals surface area contributed by atoms with Crippen LogP contribution in [0.4, 0.5) is 0 Å². The second-order valence-corrected chi connectivity index (χ2v) is 5.81. The molecular formula is C12H19BrN2O. The normalized spacial score (nSPS) is 33.5. The molecule has 1 fully saturated rings. The second kappa shape index (κ2) is 4.40. The average Bonchev–Trinajstić information content (AvgIpc) is 2.75. The zero-order chi connectivity index (χ0) is 11.8. The van der Waals surface area contributed by atoms with Crippen LogP contribution in [0.5, 0.6) is 5.75 Å². The molecule has 0 saturated heterocycles. The first-order valence-electron chi connectivity index (χ1n) is 5.93. The lowest BCUT2D eigenvalue weighted by molar-refractivity contribution is -0.0243. The van der Waals surface area contributed by atoms with Crippen molar-refractivity contribution in [1.82, 2.24) is 9.78 Å². The summed E-state index contributed by atoms with van der Waals surface area (Å²) in [7, 11) is 0. The van der Waals surface area contributed by atoms with Gasteiger partial charge in [-0.25, -0.2) is 0 Å². The van der Waals surface area contributed by atoms with Crippen molar-refractivity contribution in [2.75, 3.05) is 0 Å². The Morgan fingerprint density at radius 1 is 1.62 bits per heavy atom. The molecule has 0 aliphatic heterocycles. The number of rotatable bonds is 4. The van der Waals surface area contributed by atoms with Crippen LogP contribution in [0.1, 0.15) is 33.6 Å². The zero-order valence-corrected chi connectivity index (χ0v) is 11.7. The molecule has 3 atom stereocenters. The maximum Gasteiger partial charge on any atom is 0.157 e. The highest BCUT2D eigenvalue weighted by Crippen LogP contribution is 2.49. The fraction of sp³-hybridized carbons (Fsp3) is 0.750. The Morgan fingerprint density at radius 3 is 2.88 bits per heavy atom. The third kappa shape index (κ3) is 1.88. The molecule has 16 heavy (non-hydrogen) atoms. The minimum atomic E-state index is 0.258. The maximum atomic E-state index is 6.00. The van der Waals surface area contributed by atoms with E-state index in [1.54, 1.807) is 6.20 Å². The zero-order valence-electron chi connectivity index (χ0n) is 10.1. The summed E-state index contributed by atoms with van der Waals surface area (Å²) in [5, 5.41) is 4.22. The number of aryl methyl sites for hydroxylation is 1. The molecule has 1 heterocycles. The van der Waals surface area contributed by atoms with Crippen LogP contribution >= 0.6 is 15.9 Å². The number of hydrogen-bond acceptors (Lipinski definition) is 2. The van der Waals surface area contributed by atoms with E-state index in [0.29, 0.717) is 10.9 Å². The van der Waals surface area contributed by atoms with Gasteiger partial charge in [0.25, 0.3) is 0 Å². The quantitative estimate of drug-likeness (QED) is 0.795. The van der Waals surface area contributed by atoms with Gasteiger partial charge in [0.15, 0.2) is 5.75 Å². The minimum Gasteiger partial charge on any atom is -0.486 e. The highest BCUT2D eigenvalue weighted by atomic mass is 79.9. The molecule has 2 rings (SSSR count). The minimum absolute atomic E-state index is 0.258. The summed E-state index contributed by atoms with van der Waals surface area (Å²) < 4.78 is 7.89. The van der Waals surface area contributed by atoms with Gasteiger partial charge in [0, 0.05) is 16.8 Å². The number of aromatic nitrogens is 2. The van der Waals surface area contributed by atoms with Gasteiger partial charge in [-0.2, -0.15) is 5.10 Å². The Kier molecular flexibility index (Phi) is 3.29. The monoisotopic (exact) mass is 286 g/mol. The van der Waals surface area contributed by atoms with E-state index in [2.05, 4.69) is 41.8 Å². The van der Waals surface area contributed by atoms with Crippen LogP contribution in [-0.4, -0.2) is 20.7 Å². The Balaban J connectivity index is 2.00. The van der Waals surface area contributed by atoms with E-state index in [-0.39, 0.29) is 5.41 Å². The van der Waals surface area contributed by atoms with Crippen LogP contribution in [0, 0.1) is 5.41 Å². The number of nitrogens with zero attached hydrogens (tertiary/aromatic N) is 2. The van der Waals surface area contributed by atoms with Crippen molar-refractivity contribution in [3.63, 3.8) is 0 Å². The van der Waals surface area contributed by atoms with E-state index in [1.165, 1.54) is 0 Å². The molecule has 3 unspecified atom stereocenters.